The topological polar surface area (TPSA) is 62.2 Å². The molecule has 2 N–H and O–H groups in total. The molecule has 0 aliphatic heterocycles. The first kappa shape index (κ1) is 11.9. The van der Waals surface area contributed by atoms with E-state index in [1.807, 2.05) is 6.92 Å². The SMILES string of the molecule is CC(CO)CNC(=O)c1cccc(Cl)n1. The number of aromatic nitrogens is 1. The van der Waals surface area contributed by atoms with E-state index in [-0.39, 0.29) is 29.3 Å². The van der Waals surface area contributed by atoms with Gasteiger partial charge in [0, 0.05) is 13.2 Å². The van der Waals surface area contributed by atoms with Crippen molar-refractivity contribution in [2.75, 3.05) is 13.2 Å². The summed E-state index contributed by atoms with van der Waals surface area (Å²) in [5, 5.41) is 11.7. The van der Waals surface area contributed by atoms with E-state index in [9.17, 15) is 4.79 Å². The van der Waals surface area contributed by atoms with Crippen LogP contribution in [0, 0.1) is 5.92 Å². The maximum atomic E-state index is 11.5. The first-order valence-electron chi connectivity index (χ1n) is 4.65. The van der Waals surface area contributed by atoms with Gasteiger partial charge in [-0.3, -0.25) is 4.79 Å². The van der Waals surface area contributed by atoms with Crippen molar-refractivity contribution in [2.24, 2.45) is 5.92 Å². The molecule has 5 heteroatoms. The maximum absolute atomic E-state index is 11.5. The van der Waals surface area contributed by atoms with Crippen LogP contribution in [0.25, 0.3) is 0 Å². The van der Waals surface area contributed by atoms with E-state index >= 15 is 0 Å². The molecule has 1 unspecified atom stereocenters. The van der Waals surface area contributed by atoms with Gasteiger partial charge in [-0.25, -0.2) is 4.98 Å². The van der Waals surface area contributed by atoms with Gasteiger partial charge >= 0.3 is 0 Å². The van der Waals surface area contributed by atoms with Crippen molar-refractivity contribution < 1.29 is 9.90 Å². The molecular formula is C10H13ClN2O2. The number of nitrogens with one attached hydrogen (secondary N) is 1. The first-order chi connectivity index (χ1) is 7.13. The Bertz CT molecular complexity index is 344. The molecule has 4 nitrogen and oxygen atoms in total. The predicted molar refractivity (Wildman–Crippen MR) is 57.8 cm³/mol. The van der Waals surface area contributed by atoms with Crippen molar-refractivity contribution in [1.29, 1.82) is 0 Å². The molecule has 0 saturated heterocycles. The van der Waals surface area contributed by atoms with Crippen molar-refractivity contribution in [3.8, 4) is 0 Å². The van der Waals surface area contributed by atoms with Crippen LogP contribution in [0.1, 0.15) is 17.4 Å². The molecule has 1 aromatic heterocycles. The molecule has 0 bridgehead atoms. The number of hydrogen-bond acceptors (Lipinski definition) is 3. The molecule has 1 aromatic rings. The minimum Gasteiger partial charge on any atom is -0.396 e. The summed E-state index contributed by atoms with van der Waals surface area (Å²) in [6, 6.07) is 4.86. The van der Waals surface area contributed by atoms with Gasteiger partial charge in [-0.2, -0.15) is 0 Å². The van der Waals surface area contributed by atoms with Crippen LogP contribution >= 0.6 is 11.6 Å². The number of rotatable bonds is 4. The van der Waals surface area contributed by atoms with Crippen molar-refractivity contribution in [3.05, 3.63) is 29.0 Å². The van der Waals surface area contributed by atoms with E-state index < -0.39 is 0 Å². The van der Waals surface area contributed by atoms with E-state index in [1.165, 1.54) is 0 Å². The highest BCUT2D eigenvalue weighted by atomic mass is 35.5. The lowest BCUT2D eigenvalue weighted by atomic mass is 10.2. The van der Waals surface area contributed by atoms with Gasteiger partial charge < -0.3 is 10.4 Å². The molecule has 0 radical (unpaired) electrons. The molecule has 0 aliphatic rings. The molecule has 1 amide bonds. The van der Waals surface area contributed by atoms with Crippen molar-refractivity contribution in [2.45, 2.75) is 6.92 Å². The number of carbonyl (C=O) groups excluding carboxylic acids is 1. The zero-order chi connectivity index (χ0) is 11.3. The molecule has 0 fully saturated rings. The molecule has 0 saturated carbocycles. The van der Waals surface area contributed by atoms with Gasteiger partial charge in [0.2, 0.25) is 0 Å². The third-order valence-corrected chi connectivity index (χ3v) is 2.08. The molecule has 1 heterocycles. The molecule has 15 heavy (non-hydrogen) atoms. The summed E-state index contributed by atoms with van der Waals surface area (Å²) in [4.78, 5) is 15.4. The number of pyridine rings is 1. The zero-order valence-electron chi connectivity index (χ0n) is 8.40. The highest BCUT2D eigenvalue weighted by Gasteiger charge is 2.08. The van der Waals surface area contributed by atoms with Gasteiger partial charge in [0.05, 0.1) is 0 Å². The molecule has 1 rings (SSSR count). The van der Waals surface area contributed by atoms with Crippen molar-refractivity contribution >= 4 is 17.5 Å². The Morgan fingerprint density at radius 3 is 3.00 bits per heavy atom. The maximum Gasteiger partial charge on any atom is 0.269 e. The average Bonchev–Trinajstić information content (AvgIpc) is 2.25. The second-order valence-electron chi connectivity index (χ2n) is 3.34. The lowest BCUT2D eigenvalue weighted by Gasteiger charge is -2.08. The van der Waals surface area contributed by atoms with Crippen LogP contribution in [-0.4, -0.2) is 29.1 Å². The molecule has 82 valence electrons. The van der Waals surface area contributed by atoms with Gasteiger partial charge in [0.1, 0.15) is 10.8 Å². The Kier molecular flexibility index (Phi) is 4.52. The molecule has 0 aromatic carbocycles. The smallest absolute Gasteiger partial charge is 0.269 e. The molecule has 0 aliphatic carbocycles. The minimum absolute atomic E-state index is 0.0353. The summed E-state index contributed by atoms with van der Waals surface area (Å²) >= 11 is 5.65. The van der Waals surface area contributed by atoms with Crippen LogP contribution in [0.15, 0.2) is 18.2 Å². The second-order valence-corrected chi connectivity index (χ2v) is 3.73. The summed E-state index contributed by atoms with van der Waals surface area (Å²) in [6.45, 7) is 2.30. The number of nitrogens with zero attached hydrogens (tertiary/aromatic N) is 1. The Morgan fingerprint density at radius 2 is 2.40 bits per heavy atom. The van der Waals surface area contributed by atoms with Gasteiger partial charge in [0.15, 0.2) is 0 Å². The summed E-state index contributed by atoms with van der Waals surface area (Å²) in [7, 11) is 0. The van der Waals surface area contributed by atoms with Gasteiger partial charge in [-0.15, -0.1) is 0 Å². The fourth-order valence-corrected chi connectivity index (χ4v) is 1.12. The van der Waals surface area contributed by atoms with E-state index in [0.717, 1.165) is 0 Å². The van der Waals surface area contributed by atoms with Crippen LogP contribution in [0.5, 0.6) is 0 Å². The number of aliphatic hydroxyl groups excluding tert-OH is 1. The summed E-state index contributed by atoms with van der Waals surface area (Å²) in [5.74, 6) is -0.245. The number of hydrogen-bond donors (Lipinski definition) is 2. The minimum atomic E-state index is -0.280. The average molecular weight is 229 g/mol. The van der Waals surface area contributed by atoms with Gasteiger partial charge in [0.25, 0.3) is 5.91 Å². The summed E-state index contributed by atoms with van der Waals surface area (Å²) < 4.78 is 0. The first-order valence-corrected chi connectivity index (χ1v) is 5.03. The van der Waals surface area contributed by atoms with Gasteiger partial charge in [-0.05, 0) is 18.1 Å². The Labute approximate surface area is 93.3 Å². The van der Waals surface area contributed by atoms with Crippen LogP contribution < -0.4 is 5.32 Å². The van der Waals surface area contributed by atoms with Crippen LogP contribution in [0.4, 0.5) is 0 Å². The van der Waals surface area contributed by atoms with E-state index in [1.54, 1.807) is 18.2 Å². The fourth-order valence-electron chi connectivity index (χ4n) is 0.957. The van der Waals surface area contributed by atoms with E-state index in [4.69, 9.17) is 16.7 Å². The van der Waals surface area contributed by atoms with Crippen LogP contribution in [0.3, 0.4) is 0 Å². The molecule has 0 spiro atoms. The van der Waals surface area contributed by atoms with Crippen LogP contribution in [0.2, 0.25) is 5.15 Å². The molecular weight excluding hydrogens is 216 g/mol. The quantitative estimate of drug-likeness (QED) is 0.759. The zero-order valence-corrected chi connectivity index (χ0v) is 9.16. The van der Waals surface area contributed by atoms with Crippen LogP contribution in [-0.2, 0) is 0 Å². The highest BCUT2D eigenvalue weighted by Crippen LogP contribution is 2.04. The van der Waals surface area contributed by atoms with Crippen molar-refractivity contribution in [3.63, 3.8) is 0 Å². The molecule has 1 atom stereocenters. The lowest BCUT2D eigenvalue weighted by molar-refractivity contribution is 0.0937. The van der Waals surface area contributed by atoms with E-state index in [0.29, 0.717) is 6.54 Å². The Morgan fingerprint density at radius 1 is 1.67 bits per heavy atom. The normalized spacial score (nSPS) is 12.2. The van der Waals surface area contributed by atoms with E-state index in [2.05, 4.69) is 10.3 Å². The Balaban J connectivity index is 2.54. The third-order valence-electron chi connectivity index (χ3n) is 1.87. The third kappa shape index (κ3) is 3.85. The second kappa shape index (κ2) is 5.68. The lowest BCUT2D eigenvalue weighted by Crippen LogP contribution is -2.30. The Hall–Kier alpha value is -1.13. The standard InChI is InChI=1S/C10H13ClN2O2/c1-7(6-14)5-12-10(15)8-3-2-4-9(11)13-8/h2-4,7,14H,5-6H2,1H3,(H,12,15). The number of amides is 1. The number of carbonyl (C=O) groups is 1. The number of halogens is 1. The highest BCUT2D eigenvalue weighted by molar-refractivity contribution is 6.29. The van der Waals surface area contributed by atoms with Gasteiger partial charge in [-0.1, -0.05) is 24.6 Å². The predicted octanol–water partition coefficient (Wildman–Crippen LogP) is 1.09. The largest absolute Gasteiger partial charge is 0.396 e. The number of aliphatic hydroxyl groups is 1. The van der Waals surface area contributed by atoms with Crippen molar-refractivity contribution in [1.82, 2.24) is 10.3 Å². The monoisotopic (exact) mass is 228 g/mol. The summed E-state index contributed by atoms with van der Waals surface area (Å²) in [5.41, 5.74) is 0.285. The fraction of sp³-hybridized carbons (Fsp3) is 0.400. The summed E-state index contributed by atoms with van der Waals surface area (Å²) in [6.07, 6.45) is 0.